The Kier molecular flexibility index (Phi) is 11.4. The maximum atomic E-state index is 12.6. The van der Waals surface area contributed by atoms with Gasteiger partial charge in [-0.25, -0.2) is 4.79 Å². The van der Waals surface area contributed by atoms with E-state index in [1.807, 2.05) is 6.07 Å². The molecule has 1 heterocycles. The highest BCUT2D eigenvalue weighted by atomic mass is 32.2. The summed E-state index contributed by atoms with van der Waals surface area (Å²) in [6, 6.07) is 20.0. The standard InChI is InChI=1S/C37H36N2O12S3/c1-25(40)38(28-10-5-4-6-11-28)19-8-7-12-34-37(2,24-26-13-15-27(16-14-26)36(41)51-3)35-31-22-29(53(45,46)47)23-33(54(48,49)50)30(31)17-18-32(35)39(34)20-9-21-52(42,43)44/h4-8,10-19,22-23H,9,20-21,24H2,1-3H3,(H2-,42,43,44,45,46,47,48,49,50)/p+1. The van der Waals surface area contributed by atoms with Crippen LogP contribution in [0.3, 0.4) is 0 Å². The summed E-state index contributed by atoms with van der Waals surface area (Å²) in [4.78, 5) is 24.6. The number of methoxy groups -OCH3 is 1. The van der Waals surface area contributed by atoms with Crippen LogP contribution in [0, 0.1) is 0 Å². The smallest absolute Gasteiger partial charge is 0.337 e. The Hall–Kier alpha value is -5.04. The Morgan fingerprint density at radius 3 is 2.09 bits per heavy atom. The average Bonchev–Trinajstić information content (AvgIpc) is 3.33. The van der Waals surface area contributed by atoms with E-state index in [-0.39, 0.29) is 41.6 Å². The number of amides is 1. The molecule has 0 aliphatic carbocycles. The van der Waals surface area contributed by atoms with Crippen molar-refractivity contribution >= 4 is 70.1 Å². The summed E-state index contributed by atoms with van der Waals surface area (Å²) in [6.45, 7) is 3.20. The van der Waals surface area contributed by atoms with Crippen molar-refractivity contribution in [3.8, 4) is 0 Å². The second-order valence-corrected chi connectivity index (χ2v) is 17.1. The number of ether oxygens (including phenoxy) is 1. The lowest BCUT2D eigenvalue weighted by Crippen LogP contribution is -2.34. The molecule has 1 aliphatic heterocycles. The summed E-state index contributed by atoms with van der Waals surface area (Å²) in [7, 11) is -13.2. The zero-order chi connectivity index (χ0) is 39.6. The zero-order valence-electron chi connectivity index (χ0n) is 29.3. The van der Waals surface area contributed by atoms with Crippen molar-refractivity contribution in [1.82, 2.24) is 0 Å². The third-order valence-corrected chi connectivity index (χ3v) is 11.5. The molecule has 0 bridgehead atoms. The highest BCUT2D eigenvalue weighted by molar-refractivity contribution is 7.87. The Labute approximate surface area is 313 Å². The number of anilines is 1. The van der Waals surface area contributed by atoms with Gasteiger partial charge in [-0.05, 0) is 72.8 Å². The molecule has 3 N–H and O–H groups in total. The Morgan fingerprint density at radius 1 is 0.852 bits per heavy atom. The van der Waals surface area contributed by atoms with Crippen molar-refractivity contribution in [2.45, 2.75) is 41.9 Å². The number of nitrogens with zero attached hydrogens (tertiary/aromatic N) is 2. The molecular formula is C37H37N2O12S3+. The molecule has 1 aliphatic rings. The molecule has 0 fully saturated rings. The second-order valence-electron chi connectivity index (χ2n) is 12.7. The number of allylic oxidation sites excluding steroid dienone is 3. The van der Waals surface area contributed by atoms with Gasteiger partial charge in [-0.1, -0.05) is 36.4 Å². The highest BCUT2D eigenvalue weighted by Gasteiger charge is 2.49. The minimum Gasteiger partial charge on any atom is -0.465 e. The van der Waals surface area contributed by atoms with Crippen LogP contribution < -0.4 is 4.90 Å². The van der Waals surface area contributed by atoms with Crippen molar-refractivity contribution in [2.75, 3.05) is 24.3 Å². The molecule has 0 spiro atoms. The molecule has 5 rings (SSSR count). The number of hydrogen-bond donors (Lipinski definition) is 3. The maximum Gasteiger partial charge on any atom is 0.337 e. The Bertz CT molecular complexity index is 2570. The van der Waals surface area contributed by atoms with E-state index < -0.39 is 57.3 Å². The highest BCUT2D eigenvalue weighted by Crippen LogP contribution is 2.48. The molecule has 54 heavy (non-hydrogen) atoms. The molecule has 4 aromatic carbocycles. The third kappa shape index (κ3) is 8.67. The Morgan fingerprint density at radius 2 is 1.52 bits per heavy atom. The van der Waals surface area contributed by atoms with Gasteiger partial charge in [0.05, 0.1) is 28.7 Å². The molecule has 17 heteroatoms. The predicted octanol–water partition coefficient (Wildman–Crippen LogP) is 5.12. The number of fused-ring (bicyclic) bond motifs is 3. The van der Waals surface area contributed by atoms with Gasteiger partial charge in [0.15, 0.2) is 5.71 Å². The number of benzene rings is 4. The van der Waals surface area contributed by atoms with Gasteiger partial charge in [-0.2, -0.15) is 29.8 Å². The summed E-state index contributed by atoms with van der Waals surface area (Å²) in [5, 5.41) is -0.00614. The average molecular weight is 798 g/mol. The normalized spacial score (nSPS) is 16.3. The first-order valence-corrected chi connectivity index (χ1v) is 20.8. The minimum absolute atomic E-state index is 0.00524. The van der Waals surface area contributed by atoms with E-state index in [1.165, 1.54) is 25.0 Å². The fraction of sp³-hybridized carbons (Fsp3) is 0.216. The van der Waals surface area contributed by atoms with Crippen LogP contribution >= 0.6 is 0 Å². The molecule has 284 valence electrons. The molecule has 1 amide bonds. The third-order valence-electron chi connectivity index (χ3n) is 9.01. The van der Waals surface area contributed by atoms with Crippen molar-refractivity contribution in [1.29, 1.82) is 0 Å². The van der Waals surface area contributed by atoms with Crippen LogP contribution in [0.1, 0.15) is 41.8 Å². The predicted molar refractivity (Wildman–Crippen MR) is 201 cm³/mol. The molecule has 0 saturated carbocycles. The molecule has 0 radical (unpaired) electrons. The van der Waals surface area contributed by atoms with Gasteiger partial charge in [0.25, 0.3) is 30.4 Å². The number of hydrogen-bond acceptors (Lipinski definition) is 9. The van der Waals surface area contributed by atoms with Gasteiger partial charge >= 0.3 is 5.97 Å². The maximum absolute atomic E-state index is 12.6. The molecule has 0 aromatic heterocycles. The molecule has 1 atom stereocenters. The summed E-state index contributed by atoms with van der Waals surface area (Å²) in [6.07, 6.45) is 6.58. The van der Waals surface area contributed by atoms with Gasteiger partial charge in [0, 0.05) is 48.3 Å². The van der Waals surface area contributed by atoms with E-state index in [0.29, 0.717) is 34.3 Å². The van der Waals surface area contributed by atoms with Crippen LogP contribution in [0.15, 0.2) is 113 Å². The van der Waals surface area contributed by atoms with E-state index in [9.17, 15) is 48.5 Å². The SMILES string of the molecule is COC(=O)c1ccc(CC2(C)C(/C=C/C=C/N(C(C)=O)c3ccccc3)=[N+](CCCS(=O)(=O)O)c3ccc4c(S(=O)(=O)O)cc(S(=O)(=O)O)cc4c32)cc1. The van der Waals surface area contributed by atoms with Crippen LogP contribution in [0.2, 0.25) is 0 Å². The van der Waals surface area contributed by atoms with E-state index in [1.54, 1.807) is 90.5 Å². The van der Waals surface area contributed by atoms with Crippen LogP contribution in [-0.2, 0) is 51.7 Å². The largest absolute Gasteiger partial charge is 0.465 e. The lowest BCUT2D eigenvalue weighted by Gasteiger charge is -2.25. The molecule has 1 unspecified atom stereocenters. The lowest BCUT2D eigenvalue weighted by molar-refractivity contribution is -0.437. The molecule has 4 aromatic rings. The van der Waals surface area contributed by atoms with Gasteiger partial charge in [-0.15, -0.1) is 0 Å². The van der Waals surface area contributed by atoms with Crippen molar-refractivity contribution in [2.24, 2.45) is 0 Å². The fourth-order valence-corrected chi connectivity index (χ4v) is 8.55. The van der Waals surface area contributed by atoms with E-state index in [4.69, 9.17) is 4.74 Å². The number of esters is 1. The quantitative estimate of drug-likeness (QED) is 0.0696. The first kappa shape index (κ1) is 40.2. The summed E-state index contributed by atoms with van der Waals surface area (Å²) in [5.41, 5.74) is 1.66. The van der Waals surface area contributed by atoms with Crippen LogP contribution in [0.4, 0.5) is 11.4 Å². The first-order valence-electron chi connectivity index (χ1n) is 16.3. The first-order chi connectivity index (χ1) is 25.2. The Balaban J connectivity index is 1.79. The summed E-state index contributed by atoms with van der Waals surface area (Å²) >= 11 is 0. The van der Waals surface area contributed by atoms with Gasteiger partial charge < -0.3 is 4.74 Å². The minimum atomic E-state index is -5.04. The molecule has 14 nitrogen and oxygen atoms in total. The topological polar surface area (TPSA) is 213 Å². The zero-order valence-corrected chi connectivity index (χ0v) is 31.7. The molecule has 0 saturated heterocycles. The lowest BCUT2D eigenvalue weighted by atomic mass is 9.73. The summed E-state index contributed by atoms with van der Waals surface area (Å²) in [5.74, 6) is -1.43. The van der Waals surface area contributed by atoms with Crippen LogP contribution in [0.25, 0.3) is 10.8 Å². The second kappa shape index (κ2) is 15.4. The van der Waals surface area contributed by atoms with Crippen LogP contribution in [-0.4, -0.2) is 80.5 Å². The van der Waals surface area contributed by atoms with Crippen molar-refractivity contribution in [3.63, 3.8) is 0 Å². The number of rotatable bonds is 13. The van der Waals surface area contributed by atoms with Crippen LogP contribution in [0.5, 0.6) is 0 Å². The van der Waals surface area contributed by atoms with E-state index in [0.717, 1.165) is 6.07 Å². The van der Waals surface area contributed by atoms with Gasteiger partial charge in [0.1, 0.15) is 11.4 Å². The van der Waals surface area contributed by atoms with Crippen molar-refractivity contribution < 1.29 is 57.8 Å². The van der Waals surface area contributed by atoms with E-state index in [2.05, 4.69) is 0 Å². The number of carbonyl (C=O) groups is 2. The summed E-state index contributed by atoms with van der Waals surface area (Å²) < 4.78 is 110. The van der Waals surface area contributed by atoms with E-state index >= 15 is 0 Å². The van der Waals surface area contributed by atoms with Gasteiger partial charge in [0.2, 0.25) is 11.6 Å². The molecular weight excluding hydrogens is 761 g/mol. The monoisotopic (exact) mass is 797 g/mol. The number of carbonyl (C=O) groups excluding carboxylic acids is 2. The number of para-hydroxylation sites is 1. The fourth-order valence-electron chi connectivity index (χ4n) is 6.71. The van der Waals surface area contributed by atoms with Crippen molar-refractivity contribution in [3.05, 3.63) is 120 Å². The van der Waals surface area contributed by atoms with Gasteiger partial charge in [-0.3, -0.25) is 23.4 Å².